The van der Waals surface area contributed by atoms with Crippen LogP contribution in [0.4, 0.5) is 0 Å². The standard InChI is InChI=1S/C6H8N2O/c1-5(8-9)6-2-3-7-4-6/h2-4,7,9H,1H3. The van der Waals surface area contributed by atoms with Crippen molar-refractivity contribution < 1.29 is 5.21 Å². The molecular formula is C6H8N2O. The third kappa shape index (κ3) is 1.10. The van der Waals surface area contributed by atoms with E-state index >= 15 is 0 Å². The van der Waals surface area contributed by atoms with Crippen molar-refractivity contribution >= 4 is 5.71 Å². The number of nitrogens with one attached hydrogen (secondary N) is 1. The molecule has 0 unspecified atom stereocenters. The second kappa shape index (κ2) is 2.35. The lowest BCUT2D eigenvalue weighted by Crippen LogP contribution is -1.89. The fourth-order valence-corrected chi connectivity index (χ4v) is 0.607. The maximum atomic E-state index is 8.28. The van der Waals surface area contributed by atoms with E-state index in [1.165, 1.54) is 0 Å². The highest BCUT2D eigenvalue weighted by atomic mass is 16.4. The van der Waals surface area contributed by atoms with Gasteiger partial charge < -0.3 is 10.2 Å². The van der Waals surface area contributed by atoms with Crippen molar-refractivity contribution in [1.29, 1.82) is 0 Å². The molecule has 3 heteroatoms. The smallest absolute Gasteiger partial charge is 0.0852 e. The van der Waals surface area contributed by atoms with Crippen LogP contribution in [0.5, 0.6) is 0 Å². The molecule has 0 radical (unpaired) electrons. The zero-order chi connectivity index (χ0) is 6.69. The molecule has 0 spiro atoms. The number of H-pyrrole nitrogens is 1. The van der Waals surface area contributed by atoms with Crippen LogP contribution in [0, 0.1) is 0 Å². The zero-order valence-electron chi connectivity index (χ0n) is 5.13. The van der Waals surface area contributed by atoms with Gasteiger partial charge in [0.15, 0.2) is 0 Å². The summed E-state index contributed by atoms with van der Waals surface area (Å²) in [6.45, 7) is 1.74. The van der Waals surface area contributed by atoms with Crippen molar-refractivity contribution in [2.45, 2.75) is 6.92 Å². The van der Waals surface area contributed by atoms with Crippen LogP contribution in [-0.2, 0) is 0 Å². The van der Waals surface area contributed by atoms with E-state index < -0.39 is 0 Å². The van der Waals surface area contributed by atoms with Crippen molar-refractivity contribution in [2.75, 3.05) is 0 Å². The molecule has 0 saturated carbocycles. The fourth-order valence-electron chi connectivity index (χ4n) is 0.607. The molecule has 0 amide bonds. The second-order valence-electron chi connectivity index (χ2n) is 1.79. The van der Waals surface area contributed by atoms with E-state index in [0.29, 0.717) is 5.71 Å². The number of aromatic nitrogens is 1. The molecule has 0 aromatic carbocycles. The molecule has 0 fully saturated rings. The Balaban J connectivity index is 2.90. The Bertz CT molecular complexity index is 201. The van der Waals surface area contributed by atoms with Gasteiger partial charge in [0.1, 0.15) is 0 Å². The Kier molecular flexibility index (Phi) is 1.53. The summed E-state index contributed by atoms with van der Waals surface area (Å²) < 4.78 is 0. The summed E-state index contributed by atoms with van der Waals surface area (Å²) in [6, 6.07) is 1.84. The van der Waals surface area contributed by atoms with Gasteiger partial charge in [0.05, 0.1) is 5.71 Å². The Hall–Kier alpha value is -1.25. The van der Waals surface area contributed by atoms with Crippen LogP contribution in [0.15, 0.2) is 23.6 Å². The monoisotopic (exact) mass is 124 g/mol. The van der Waals surface area contributed by atoms with Gasteiger partial charge in [0.2, 0.25) is 0 Å². The number of oxime groups is 1. The highest BCUT2D eigenvalue weighted by Crippen LogP contribution is 1.97. The summed E-state index contributed by atoms with van der Waals surface area (Å²) in [5.41, 5.74) is 1.54. The molecule has 0 aliphatic rings. The molecule has 2 N–H and O–H groups in total. The molecule has 3 nitrogen and oxygen atoms in total. The van der Waals surface area contributed by atoms with Crippen molar-refractivity contribution in [3.8, 4) is 0 Å². The van der Waals surface area contributed by atoms with Gasteiger partial charge in [-0.25, -0.2) is 0 Å². The van der Waals surface area contributed by atoms with E-state index in [2.05, 4.69) is 10.1 Å². The molecule has 0 aliphatic carbocycles. The van der Waals surface area contributed by atoms with Crippen molar-refractivity contribution in [3.05, 3.63) is 24.0 Å². The summed E-state index contributed by atoms with van der Waals surface area (Å²) in [4.78, 5) is 2.85. The molecule has 9 heavy (non-hydrogen) atoms. The molecule has 0 atom stereocenters. The summed E-state index contributed by atoms with van der Waals surface area (Å²) in [5.74, 6) is 0. The molecule has 0 bridgehead atoms. The minimum absolute atomic E-state index is 0.622. The highest BCUT2D eigenvalue weighted by Gasteiger charge is 1.94. The lowest BCUT2D eigenvalue weighted by Gasteiger charge is -1.87. The van der Waals surface area contributed by atoms with Gasteiger partial charge in [0, 0.05) is 18.0 Å². The van der Waals surface area contributed by atoms with Gasteiger partial charge in [-0.3, -0.25) is 0 Å². The van der Waals surface area contributed by atoms with Crippen LogP contribution in [0.3, 0.4) is 0 Å². The SMILES string of the molecule is CC(=NO)c1cc[nH]c1. The predicted octanol–water partition coefficient (Wildman–Crippen LogP) is 1.21. The van der Waals surface area contributed by atoms with Gasteiger partial charge in [-0.15, -0.1) is 0 Å². The third-order valence-electron chi connectivity index (χ3n) is 1.17. The lowest BCUT2D eigenvalue weighted by atomic mass is 10.2. The molecular weight excluding hydrogens is 116 g/mol. The van der Waals surface area contributed by atoms with E-state index in [0.717, 1.165) is 5.56 Å². The maximum absolute atomic E-state index is 8.28. The molecule has 0 saturated heterocycles. The number of rotatable bonds is 1. The predicted molar refractivity (Wildman–Crippen MR) is 34.8 cm³/mol. The number of aromatic amines is 1. The first kappa shape index (κ1) is 5.88. The Morgan fingerprint density at radius 2 is 2.56 bits per heavy atom. The summed E-state index contributed by atoms with van der Waals surface area (Å²) >= 11 is 0. The number of hydrogen-bond donors (Lipinski definition) is 2. The van der Waals surface area contributed by atoms with Crippen LogP contribution >= 0.6 is 0 Å². The van der Waals surface area contributed by atoms with Crippen LogP contribution in [-0.4, -0.2) is 15.9 Å². The van der Waals surface area contributed by atoms with E-state index in [9.17, 15) is 0 Å². The van der Waals surface area contributed by atoms with Gasteiger partial charge in [-0.1, -0.05) is 5.16 Å². The fraction of sp³-hybridized carbons (Fsp3) is 0.167. The number of hydrogen-bond acceptors (Lipinski definition) is 2. The quantitative estimate of drug-likeness (QED) is 0.330. The van der Waals surface area contributed by atoms with Gasteiger partial charge in [-0.05, 0) is 13.0 Å². The zero-order valence-corrected chi connectivity index (χ0v) is 5.13. The first-order valence-corrected chi connectivity index (χ1v) is 2.66. The topological polar surface area (TPSA) is 48.4 Å². The van der Waals surface area contributed by atoms with Gasteiger partial charge >= 0.3 is 0 Å². The minimum atomic E-state index is 0.622. The molecule has 48 valence electrons. The second-order valence-corrected chi connectivity index (χ2v) is 1.79. The van der Waals surface area contributed by atoms with Crippen LogP contribution in [0.25, 0.3) is 0 Å². The Labute approximate surface area is 53.0 Å². The molecule has 1 aromatic heterocycles. The Morgan fingerprint density at radius 3 is 3.00 bits per heavy atom. The summed E-state index contributed by atoms with van der Waals surface area (Å²) in [7, 11) is 0. The molecule has 1 heterocycles. The number of nitrogens with zero attached hydrogens (tertiary/aromatic N) is 1. The van der Waals surface area contributed by atoms with Crippen molar-refractivity contribution in [1.82, 2.24) is 4.98 Å². The minimum Gasteiger partial charge on any atom is -0.411 e. The molecule has 1 rings (SSSR count). The first-order valence-electron chi connectivity index (χ1n) is 2.66. The van der Waals surface area contributed by atoms with Crippen molar-refractivity contribution in [2.24, 2.45) is 5.16 Å². The largest absolute Gasteiger partial charge is 0.411 e. The Morgan fingerprint density at radius 1 is 1.78 bits per heavy atom. The molecule has 1 aromatic rings. The first-order chi connectivity index (χ1) is 4.34. The summed E-state index contributed by atoms with van der Waals surface area (Å²) in [6.07, 6.45) is 3.55. The van der Waals surface area contributed by atoms with Crippen LogP contribution < -0.4 is 0 Å². The van der Waals surface area contributed by atoms with Gasteiger partial charge in [0.25, 0.3) is 0 Å². The molecule has 0 aliphatic heterocycles. The highest BCUT2D eigenvalue weighted by molar-refractivity contribution is 5.97. The van der Waals surface area contributed by atoms with E-state index in [-0.39, 0.29) is 0 Å². The normalized spacial score (nSPS) is 11.9. The third-order valence-corrected chi connectivity index (χ3v) is 1.17. The van der Waals surface area contributed by atoms with Gasteiger partial charge in [-0.2, -0.15) is 0 Å². The van der Waals surface area contributed by atoms with Crippen LogP contribution in [0.2, 0.25) is 0 Å². The van der Waals surface area contributed by atoms with E-state index in [1.807, 2.05) is 6.07 Å². The van der Waals surface area contributed by atoms with Crippen LogP contribution in [0.1, 0.15) is 12.5 Å². The average Bonchev–Trinajstić information content (AvgIpc) is 2.37. The van der Waals surface area contributed by atoms with E-state index in [4.69, 9.17) is 5.21 Å². The lowest BCUT2D eigenvalue weighted by molar-refractivity contribution is 0.319. The van der Waals surface area contributed by atoms with Crippen molar-refractivity contribution in [3.63, 3.8) is 0 Å². The maximum Gasteiger partial charge on any atom is 0.0852 e. The summed E-state index contributed by atoms with van der Waals surface area (Å²) in [5, 5.41) is 11.3. The van der Waals surface area contributed by atoms with E-state index in [1.54, 1.807) is 19.3 Å². The average molecular weight is 124 g/mol.